The van der Waals surface area contributed by atoms with Crippen LogP contribution in [-0.2, 0) is 0 Å². The van der Waals surface area contributed by atoms with E-state index in [-0.39, 0.29) is 16.6 Å². The van der Waals surface area contributed by atoms with Gasteiger partial charge in [0.1, 0.15) is 12.0 Å². The van der Waals surface area contributed by atoms with Crippen molar-refractivity contribution in [1.29, 1.82) is 0 Å². The van der Waals surface area contributed by atoms with Crippen molar-refractivity contribution in [2.24, 2.45) is 0 Å². The van der Waals surface area contributed by atoms with Gasteiger partial charge in [-0.3, -0.25) is 4.79 Å². The third kappa shape index (κ3) is 3.38. The Morgan fingerprint density at radius 2 is 2.47 bits per heavy atom. The lowest BCUT2D eigenvalue weighted by Crippen LogP contribution is -2.43. The zero-order valence-corrected chi connectivity index (χ0v) is 10.2. The average Bonchev–Trinajstić information content (AvgIpc) is 2.38. The van der Waals surface area contributed by atoms with Crippen LogP contribution >= 0.6 is 11.6 Å². The molecule has 1 unspecified atom stereocenters. The quantitative estimate of drug-likeness (QED) is 0.845. The van der Waals surface area contributed by atoms with Crippen LogP contribution in [0.1, 0.15) is 29.8 Å². The van der Waals surface area contributed by atoms with Crippen LogP contribution in [0, 0.1) is 0 Å². The lowest BCUT2D eigenvalue weighted by atomic mass is 10.1. The van der Waals surface area contributed by atoms with E-state index < -0.39 is 0 Å². The minimum absolute atomic E-state index is 0.234. The first-order valence-corrected chi connectivity index (χ1v) is 6.12. The van der Waals surface area contributed by atoms with Crippen LogP contribution < -0.4 is 10.6 Å². The van der Waals surface area contributed by atoms with Gasteiger partial charge in [-0.15, -0.1) is 0 Å². The summed E-state index contributed by atoms with van der Waals surface area (Å²) in [7, 11) is 0. The van der Waals surface area contributed by atoms with E-state index in [2.05, 4.69) is 20.6 Å². The molecular weight excluding hydrogens is 240 g/mol. The molecule has 2 heterocycles. The molecular formula is C11H15ClN4O. The predicted octanol–water partition coefficient (Wildman–Crippen LogP) is 1.00. The van der Waals surface area contributed by atoms with E-state index in [1.165, 1.54) is 25.4 Å². The second-order valence-corrected chi connectivity index (χ2v) is 4.48. The molecule has 1 aliphatic heterocycles. The van der Waals surface area contributed by atoms with Crippen molar-refractivity contribution >= 4 is 17.5 Å². The van der Waals surface area contributed by atoms with E-state index in [4.69, 9.17) is 11.6 Å². The molecule has 5 nitrogen and oxygen atoms in total. The maximum atomic E-state index is 11.8. The number of nitrogens with one attached hydrogen (secondary N) is 2. The van der Waals surface area contributed by atoms with Crippen molar-refractivity contribution in [3.05, 3.63) is 23.2 Å². The van der Waals surface area contributed by atoms with Gasteiger partial charge in [0.05, 0.1) is 5.02 Å². The van der Waals surface area contributed by atoms with Crippen molar-refractivity contribution in [3.63, 3.8) is 0 Å². The lowest BCUT2D eigenvalue weighted by Gasteiger charge is -2.23. The first kappa shape index (κ1) is 12.3. The molecule has 1 atom stereocenters. The van der Waals surface area contributed by atoms with Crippen LogP contribution in [0.3, 0.4) is 0 Å². The molecule has 92 valence electrons. The first-order valence-electron chi connectivity index (χ1n) is 5.74. The number of hydrogen-bond acceptors (Lipinski definition) is 4. The van der Waals surface area contributed by atoms with Gasteiger partial charge < -0.3 is 10.6 Å². The summed E-state index contributed by atoms with van der Waals surface area (Å²) in [5.41, 5.74) is 0.234. The average molecular weight is 255 g/mol. The van der Waals surface area contributed by atoms with Crippen LogP contribution in [0.5, 0.6) is 0 Å². The summed E-state index contributed by atoms with van der Waals surface area (Å²) in [6, 6.07) is 0.355. The number of hydrogen-bond donors (Lipinski definition) is 2. The summed E-state index contributed by atoms with van der Waals surface area (Å²) in [5.74, 6) is -0.246. The Kier molecular flexibility index (Phi) is 4.28. The minimum atomic E-state index is -0.246. The highest BCUT2D eigenvalue weighted by Crippen LogP contribution is 2.10. The largest absolute Gasteiger partial charge is 0.349 e. The molecule has 2 rings (SSSR count). The number of aromatic nitrogens is 2. The van der Waals surface area contributed by atoms with Crippen LogP contribution in [0.2, 0.25) is 5.02 Å². The summed E-state index contributed by atoms with van der Waals surface area (Å²) < 4.78 is 0. The Hall–Kier alpha value is -1.20. The number of nitrogens with zero attached hydrogens (tertiary/aromatic N) is 2. The van der Waals surface area contributed by atoms with E-state index in [9.17, 15) is 4.79 Å². The predicted molar refractivity (Wildman–Crippen MR) is 65.0 cm³/mol. The zero-order valence-electron chi connectivity index (χ0n) is 9.45. The maximum absolute atomic E-state index is 11.8. The molecule has 1 fully saturated rings. The van der Waals surface area contributed by atoms with Gasteiger partial charge in [0, 0.05) is 18.8 Å². The maximum Gasteiger partial charge on any atom is 0.271 e. The molecule has 2 N–H and O–H groups in total. The third-order valence-corrected chi connectivity index (χ3v) is 3.08. The van der Waals surface area contributed by atoms with Crippen LogP contribution in [0.15, 0.2) is 12.5 Å². The van der Waals surface area contributed by atoms with Crippen molar-refractivity contribution in [2.45, 2.75) is 25.3 Å². The second kappa shape index (κ2) is 5.93. The Balaban J connectivity index is 1.87. The van der Waals surface area contributed by atoms with Crippen molar-refractivity contribution in [1.82, 2.24) is 20.6 Å². The summed E-state index contributed by atoms with van der Waals surface area (Å²) >= 11 is 5.84. The molecule has 0 aromatic carbocycles. The highest BCUT2D eigenvalue weighted by atomic mass is 35.5. The van der Waals surface area contributed by atoms with Crippen molar-refractivity contribution in [2.75, 3.05) is 13.1 Å². The number of amides is 1. The zero-order chi connectivity index (χ0) is 12.1. The fourth-order valence-corrected chi connectivity index (χ4v) is 2.07. The van der Waals surface area contributed by atoms with Gasteiger partial charge in [-0.1, -0.05) is 18.0 Å². The van der Waals surface area contributed by atoms with Gasteiger partial charge in [0.25, 0.3) is 5.91 Å². The summed E-state index contributed by atoms with van der Waals surface area (Å²) in [6.45, 7) is 1.63. The number of halogens is 1. The topological polar surface area (TPSA) is 66.9 Å². The molecule has 1 amide bonds. The minimum Gasteiger partial charge on any atom is -0.349 e. The number of carbonyl (C=O) groups is 1. The molecule has 0 radical (unpaired) electrons. The molecule has 1 saturated heterocycles. The van der Waals surface area contributed by atoms with Gasteiger partial charge >= 0.3 is 0 Å². The Morgan fingerprint density at radius 1 is 1.59 bits per heavy atom. The van der Waals surface area contributed by atoms with Gasteiger partial charge in [-0.2, -0.15) is 0 Å². The van der Waals surface area contributed by atoms with E-state index in [0.717, 1.165) is 13.0 Å². The second-order valence-electron chi connectivity index (χ2n) is 4.08. The van der Waals surface area contributed by atoms with Crippen molar-refractivity contribution < 1.29 is 4.79 Å². The van der Waals surface area contributed by atoms with E-state index in [1.807, 2.05) is 0 Å². The van der Waals surface area contributed by atoms with Gasteiger partial charge in [0.2, 0.25) is 0 Å². The SMILES string of the molecule is O=C(NCC1CCCCN1)c1ncncc1Cl. The standard InChI is InChI=1S/C11H15ClN4O/c12-9-6-13-7-16-10(9)11(17)15-5-8-3-1-2-4-14-8/h6-8,14H,1-5H2,(H,15,17). The normalized spacial score (nSPS) is 19.9. The molecule has 0 spiro atoms. The lowest BCUT2D eigenvalue weighted by molar-refractivity contribution is 0.0942. The Bertz CT molecular complexity index is 393. The summed E-state index contributed by atoms with van der Waals surface area (Å²) in [4.78, 5) is 19.4. The Morgan fingerprint density at radius 3 is 3.18 bits per heavy atom. The van der Waals surface area contributed by atoms with E-state index in [0.29, 0.717) is 12.6 Å². The van der Waals surface area contributed by atoms with Gasteiger partial charge in [-0.25, -0.2) is 9.97 Å². The first-order chi connectivity index (χ1) is 8.27. The molecule has 1 aromatic rings. The molecule has 0 saturated carbocycles. The van der Waals surface area contributed by atoms with Gasteiger partial charge in [-0.05, 0) is 19.4 Å². The molecule has 6 heteroatoms. The fourth-order valence-electron chi connectivity index (χ4n) is 1.88. The third-order valence-electron chi connectivity index (χ3n) is 2.80. The number of piperidine rings is 1. The summed E-state index contributed by atoms with van der Waals surface area (Å²) in [6.07, 6.45) is 6.25. The Labute approximate surface area is 105 Å². The molecule has 0 aliphatic carbocycles. The van der Waals surface area contributed by atoms with Crippen LogP contribution in [0.4, 0.5) is 0 Å². The van der Waals surface area contributed by atoms with E-state index in [1.54, 1.807) is 0 Å². The van der Waals surface area contributed by atoms with Crippen LogP contribution in [-0.4, -0.2) is 35.0 Å². The number of carbonyl (C=O) groups excluding carboxylic acids is 1. The highest BCUT2D eigenvalue weighted by Gasteiger charge is 2.16. The molecule has 17 heavy (non-hydrogen) atoms. The fraction of sp³-hybridized carbons (Fsp3) is 0.545. The molecule has 1 aromatic heterocycles. The summed E-state index contributed by atoms with van der Waals surface area (Å²) in [5, 5.41) is 6.47. The van der Waals surface area contributed by atoms with Crippen molar-refractivity contribution in [3.8, 4) is 0 Å². The van der Waals surface area contributed by atoms with E-state index >= 15 is 0 Å². The monoisotopic (exact) mass is 254 g/mol. The molecule has 0 bridgehead atoms. The molecule has 1 aliphatic rings. The van der Waals surface area contributed by atoms with Crippen LogP contribution in [0.25, 0.3) is 0 Å². The smallest absolute Gasteiger partial charge is 0.271 e. The van der Waals surface area contributed by atoms with Gasteiger partial charge in [0.15, 0.2) is 0 Å². The number of rotatable bonds is 3. The highest BCUT2D eigenvalue weighted by molar-refractivity contribution is 6.33.